The fraction of sp³-hybridized carbons (Fsp3) is 0.429. The Morgan fingerprint density at radius 3 is 2.46 bits per heavy atom. The van der Waals surface area contributed by atoms with Crippen LogP contribution in [0.5, 0.6) is 0 Å². The first kappa shape index (κ1) is 19.1. The number of nitrogens with zero attached hydrogens (tertiary/aromatic N) is 2. The van der Waals surface area contributed by atoms with Crippen LogP contribution in [0, 0.1) is 0 Å². The average Bonchev–Trinajstić information content (AvgIpc) is 3.37. The molecule has 1 atom stereocenters. The Kier molecular flexibility index (Phi) is 5.46. The molecule has 1 aliphatic carbocycles. The van der Waals surface area contributed by atoms with Gasteiger partial charge in [-0.05, 0) is 67.5 Å². The zero-order valence-corrected chi connectivity index (χ0v) is 16.6. The van der Waals surface area contributed by atoms with E-state index < -0.39 is 10.0 Å². The number of hydrogen-bond donors (Lipinski definition) is 1. The van der Waals surface area contributed by atoms with E-state index in [1.807, 2.05) is 17.0 Å². The molecule has 1 N–H and O–H groups in total. The Labute approximate surface area is 166 Å². The first-order valence-corrected chi connectivity index (χ1v) is 11.3. The van der Waals surface area contributed by atoms with Gasteiger partial charge >= 0.3 is 0 Å². The zero-order chi connectivity index (χ0) is 19.6. The Bertz CT molecular complexity index is 925. The van der Waals surface area contributed by atoms with Crippen LogP contribution in [0.2, 0.25) is 0 Å². The molecule has 0 spiro atoms. The predicted molar refractivity (Wildman–Crippen MR) is 106 cm³/mol. The van der Waals surface area contributed by atoms with Gasteiger partial charge < -0.3 is 4.90 Å². The van der Waals surface area contributed by atoms with Crippen LogP contribution in [-0.4, -0.2) is 36.8 Å². The van der Waals surface area contributed by atoms with Gasteiger partial charge in [0.15, 0.2) is 0 Å². The van der Waals surface area contributed by atoms with Crippen molar-refractivity contribution in [3.8, 4) is 0 Å². The van der Waals surface area contributed by atoms with E-state index in [1.54, 1.807) is 36.7 Å². The number of amides is 1. The second kappa shape index (κ2) is 8.01. The molecular weight excluding hydrogens is 374 g/mol. The van der Waals surface area contributed by atoms with Crippen molar-refractivity contribution in [3.05, 3.63) is 59.9 Å². The van der Waals surface area contributed by atoms with Crippen LogP contribution < -0.4 is 4.72 Å². The molecule has 2 aliphatic rings. The third-order valence-electron chi connectivity index (χ3n) is 5.42. The normalized spacial score (nSPS) is 19.7. The summed E-state index contributed by atoms with van der Waals surface area (Å²) < 4.78 is 27.1. The van der Waals surface area contributed by atoms with Gasteiger partial charge in [-0.25, -0.2) is 13.1 Å². The van der Waals surface area contributed by atoms with Crippen LogP contribution in [0.4, 0.5) is 0 Å². The molecule has 1 aliphatic heterocycles. The fourth-order valence-corrected chi connectivity index (χ4v) is 5.02. The molecule has 4 rings (SSSR count). The summed E-state index contributed by atoms with van der Waals surface area (Å²) in [6, 6.07) is 11.0. The Morgan fingerprint density at radius 2 is 1.79 bits per heavy atom. The maximum Gasteiger partial charge on any atom is 0.240 e. The molecule has 1 aromatic carbocycles. The molecule has 1 saturated carbocycles. The Balaban J connectivity index is 1.35. The zero-order valence-electron chi connectivity index (χ0n) is 15.8. The van der Waals surface area contributed by atoms with Crippen LogP contribution >= 0.6 is 0 Å². The molecule has 1 aromatic heterocycles. The van der Waals surface area contributed by atoms with Crippen molar-refractivity contribution >= 4 is 15.9 Å². The van der Waals surface area contributed by atoms with Crippen molar-refractivity contribution in [2.45, 2.75) is 55.5 Å². The summed E-state index contributed by atoms with van der Waals surface area (Å²) in [5.41, 5.74) is 2.11. The maximum atomic E-state index is 12.8. The third-order valence-corrected chi connectivity index (χ3v) is 6.96. The van der Waals surface area contributed by atoms with E-state index >= 15 is 0 Å². The number of pyridine rings is 1. The number of carbonyl (C=O) groups is 1. The van der Waals surface area contributed by atoms with Crippen molar-refractivity contribution in [3.63, 3.8) is 0 Å². The van der Waals surface area contributed by atoms with Gasteiger partial charge in [0.1, 0.15) is 0 Å². The predicted octanol–water partition coefficient (Wildman–Crippen LogP) is 2.82. The molecule has 1 saturated heterocycles. The van der Waals surface area contributed by atoms with Gasteiger partial charge in [-0.1, -0.05) is 12.1 Å². The highest BCUT2D eigenvalue weighted by atomic mass is 32.2. The minimum Gasteiger partial charge on any atom is -0.336 e. The lowest BCUT2D eigenvalue weighted by atomic mass is 10.1. The monoisotopic (exact) mass is 399 g/mol. The van der Waals surface area contributed by atoms with Crippen LogP contribution in [0.1, 0.15) is 49.3 Å². The number of nitrogens with one attached hydrogen (secondary N) is 1. The summed E-state index contributed by atoms with van der Waals surface area (Å²) in [5, 5.41) is 0. The van der Waals surface area contributed by atoms with Crippen molar-refractivity contribution in [1.29, 1.82) is 0 Å². The summed E-state index contributed by atoms with van der Waals surface area (Å²) in [5.74, 6) is 0.145. The van der Waals surface area contributed by atoms with E-state index in [-0.39, 0.29) is 22.9 Å². The van der Waals surface area contributed by atoms with Crippen molar-refractivity contribution in [2.75, 3.05) is 6.54 Å². The van der Waals surface area contributed by atoms with Gasteiger partial charge in [-0.2, -0.15) is 0 Å². The molecule has 2 fully saturated rings. The second-order valence-electron chi connectivity index (χ2n) is 7.57. The number of benzene rings is 1. The van der Waals surface area contributed by atoms with Crippen LogP contribution in [0.3, 0.4) is 0 Å². The first-order valence-electron chi connectivity index (χ1n) is 9.83. The average molecular weight is 400 g/mol. The largest absolute Gasteiger partial charge is 0.336 e. The maximum absolute atomic E-state index is 12.8. The van der Waals surface area contributed by atoms with Gasteiger partial charge in [-0.15, -0.1) is 0 Å². The van der Waals surface area contributed by atoms with E-state index in [0.29, 0.717) is 12.8 Å². The summed E-state index contributed by atoms with van der Waals surface area (Å²) >= 11 is 0. The summed E-state index contributed by atoms with van der Waals surface area (Å²) in [6.07, 6.45) is 8.39. The highest BCUT2D eigenvalue weighted by Crippen LogP contribution is 2.32. The molecule has 0 unspecified atom stereocenters. The van der Waals surface area contributed by atoms with Crippen LogP contribution in [-0.2, 0) is 21.2 Å². The van der Waals surface area contributed by atoms with Gasteiger partial charge in [0.25, 0.3) is 0 Å². The minimum atomic E-state index is -3.43. The number of aryl methyl sites for hydroxylation is 1. The first-order chi connectivity index (χ1) is 13.5. The molecule has 7 heteroatoms. The second-order valence-corrected chi connectivity index (χ2v) is 9.28. The third kappa shape index (κ3) is 4.42. The van der Waals surface area contributed by atoms with Gasteiger partial charge in [0.2, 0.25) is 15.9 Å². The number of sulfonamides is 1. The quantitative estimate of drug-likeness (QED) is 0.776. The molecule has 0 radical (unpaired) electrons. The molecule has 1 amide bonds. The highest BCUT2D eigenvalue weighted by Gasteiger charge is 2.30. The number of likely N-dealkylation sites (tertiary alicyclic amines) is 1. The van der Waals surface area contributed by atoms with Crippen LogP contribution in [0.25, 0.3) is 0 Å². The summed E-state index contributed by atoms with van der Waals surface area (Å²) in [6.45, 7) is 0.788. The molecule has 148 valence electrons. The minimum absolute atomic E-state index is 0.0936. The van der Waals surface area contributed by atoms with Gasteiger partial charge in [-0.3, -0.25) is 9.78 Å². The molecular formula is C21H25N3O3S. The Hall–Kier alpha value is -2.25. The Morgan fingerprint density at radius 1 is 1.07 bits per heavy atom. The van der Waals surface area contributed by atoms with E-state index in [2.05, 4.69) is 9.71 Å². The topological polar surface area (TPSA) is 79.4 Å². The van der Waals surface area contributed by atoms with E-state index in [9.17, 15) is 13.2 Å². The van der Waals surface area contributed by atoms with Crippen LogP contribution in [0.15, 0.2) is 53.7 Å². The van der Waals surface area contributed by atoms with Crippen molar-refractivity contribution < 1.29 is 13.2 Å². The lowest BCUT2D eigenvalue weighted by Gasteiger charge is -2.25. The van der Waals surface area contributed by atoms with E-state index in [1.165, 1.54) is 0 Å². The standard InChI is InChI=1S/C21H25N3O3S/c25-21(24-15-1-2-20(24)17-11-13-22-14-12-17)10-5-16-3-8-19(9-4-16)28(26,27)23-18-6-7-18/h3-4,8-9,11-14,18,20,23H,1-2,5-7,10,15H2/t20-/m1/s1. The van der Waals surface area contributed by atoms with Gasteiger partial charge in [0.05, 0.1) is 10.9 Å². The van der Waals surface area contributed by atoms with E-state index in [0.717, 1.165) is 43.4 Å². The van der Waals surface area contributed by atoms with Crippen molar-refractivity contribution in [2.24, 2.45) is 0 Å². The molecule has 2 heterocycles. The lowest BCUT2D eigenvalue weighted by Crippen LogP contribution is -2.30. The van der Waals surface area contributed by atoms with Crippen molar-refractivity contribution in [1.82, 2.24) is 14.6 Å². The number of carbonyl (C=O) groups excluding carboxylic acids is 1. The summed E-state index contributed by atoms with van der Waals surface area (Å²) in [4.78, 5) is 19.1. The number of rotatable bonds is 7. The van der Waals surface area contributed by atoms with Gasteiger partial charge in [0, 0.05) is 31.4 Å². The molecule has 28 heavy (non-hydrogen) atoms. The molecule has 0 bridgehead atoms. The smallest absolute Gasteiger partial charge is 0.240 e. The van der Waals surface area contributed by atoms with E-state index in [4.69, 9.17) is 0 Å². The fourth-order valence-electron chi connectivity index (χ4n) is 3.72. The number of hydrogen-bond acceptors (Lipinski definition) is 4. The SMILES string of the molecule is O=C(CCc1ccc(S(=O)(=O)NC2CC2)cc1)N1CCC[C@@H]1c1ccncc1. The summed E-state index contributed by atoms with van der Waals surface area (Å²) in [7, 11) is -3.43. The number of aromatic nitrogens is 1. The molecule has 6 nitrogen and oxygen atoms in total. The lowest BCUT2D eigenvalue weighted by molar-refractivity contribution is -0.132. The highest BCUT2D eigenvalue weighted by molar-refractivity contribution is 7.89. The molecule has 2 aromatic rings.